The molecule has 0 spiro atoms. The van der Waals surface area contributed by atoms with Crippen molar-refractivity contribution in [3.05, 3.63) is 35.0 Å². The molecule has 146 valence electrons. The van der Waals surface area contributed by atoms with E-state index in [4.69, 9.17) is 4.74 Å². The van der Waals surface area contributed by atoms with Crippen LogP contribution in [-0.2, 0) is 17.8 Å². The predicted octanol–water partition coefficient (Wildman–Crippen LogP) is 2.25. The zero-order chi connectivity index (χ0) is 19.2. The van der Waals surface area contributed by atoms with Crippen molar-refractivity contribution in [2.45, 2.75) is 32.4 Å². The van der Waals surface area contributed by atoms with Gasteiger partial charge in [0, 0.05) is 69.5 Å². The highest BCUT2D eigenvalue weighted by molar-refractivity contribution is 7.15. The van der Waals surface area contributed by atoms with Crippen LogP contribution in [0.2, 0.25) is 0 Å². The van der Waals surface area contributed by atoms with Crippen LogP contribution in [0.3, 0.4) is 0 Å². The fourth-order valence-corrected chi connectivity index (χ4v) is 4.35. The molecule has 1 unspecified atom stereocenters. The third kappa shape index (κ3) is 5.17. The van der Waals surface area contributed by atoms with Gasteiger partial charge < -0.3 is 15.0 Å². The van der Waals surface area contributed by atoms with Crippen molar-refractivity contribution >= 4 is 22.4 Å². The number of aromatic nitrogens is 2. The average Bonchev–Trinajstić information content (AvgIpc) is 3.02. The highest BCUT2D eigenvalue weighted by atomic mass is 32.1. The van der Waals surface area contributed by atoms with E-state index in [-0.39, 0.29) is 11.9 Å². The van der Waals surface area contributed by atoms with Gasteiger partial charge >= 0.3 is 0 Å². The van der Waals surface area contributed by atoms with E-state index in [1.54, 1.807) is 31.6 Å². The second-order valence-electron chi connectivity index (χ2n) is 6.75. The minimum atomic E-state index is 0.133. The highest BCUT2D eigenvalue weighted by Gasteiger charge is 2.27. The number of hydrogen-bond acceptors (Lipinski definition) is 7. The van der Waals surface area contributed by atoms with Gasteiger partial charge in [-0.25, -0.2) is 9.97 Å². The number of thiazole rings is 1. The van der Waals surface area contributed by atoms with Crippen LogP contribution in [0.25, 0.3) is 0 Å². The Labute approximate surface area is 164 Å². The van der Waals surface area contributed by atoms with Gasteiger partial charge in [-0.2, -0.15) is 0 Å². The highest BCUT2D eigenvalue weighted by Crippen LogP contribution is 2.22. The number of carbonyl (C=O) groups excluding carboxylic acids is 1. The van der Waals surface area contributed by atoms with Crippen molar-refractivity contribution in [2.24, 2.45) is 0 Å². The van der Waals surface area contributed by atoms with E-state index in [9.17, 15) is 4.79 Å². The van der Waals surface area contributed by atoms with Gasteiger partial charge in [-0.15, -0.1) is 11.3 Å². The van der Waals surface area contributed by atoms with Crippen LogP contribution in [0.5, 0.6) is 5.88 Å². The number of rotatable bonds is 6. The van der Waals surface area contributed by atoms with Crippen molar-refractivity contribution in [1.29, 1.82) is 0 Å². The van der Waals surface area contributed by atoms with Crippen LogP contribution < -0.4 is 10.1 Å². The van der Waals surface area contributed by atoms with Crippen molar-refractivity contribution in [1.82, 2.24) is 19.8 Å². The summed E-state index contributed by atoms with van der Waals surface area (Å²) in [6, 6.07) is 4.09. The first-order valence-electron chi connectivity index (χ1n) is 9.20. The number of hydrogen-bond donors (Lipinski definition) is 1. The van der Waals surface area contributed by atoms with E-state index in [0.29, 0.717) is 5.88 Å². The molecule has 1 N–H and O–H groups in total. The molecule has 0 bridgehead atoms. The van der Waals surface area contributed by atoms with Gasteiger partial charge in [-0.1, -0.05) is 0 Å². The van der Waals surface area contributed by atoms with E-state index < -0.39 is 0 Å². The lowest BCUT2D eigenvalue weighted by atomic mass is 10.1. The summed E-state index contributed by atoms with van der Waals surface area (Å²) in [6.45, 7) is 5.15. The zero-order valence-electron chi connectivity index (χ0n) is 16.1. The van der Waals surface area contributed by atoms with Crippen LogP contribution in [0.4, 0.5) is 5.13 Å². The maximum absolute atomic E-state index is 12.2. The van der Waals surface area contributed by atoms with Gasteiger partial charge in [-0.05, 0) is 24.5 Å². The molecule has 0 radical (unpaired) electrons. The summed E-state index contributed by atoms with van der Waals surface area (Å²) in [6.07, 6.45) is 5.47. The fourth-order valence-electron chi connectivity index (χ4n) is 3.55. The summed E-state index contributed by atoms with van der Waals surface area (Å²) in [5, 5.41) is 4.03. The maximum Gasteiger partial charge on any atom is 0.219 e. The van der Waals surface area contributed by atoms with Crippen LogP contribution in [-0.4, -0.2) is 65.5 Å². The molecule has 3 rings (SSSR count). The van der Waals surface area contributed by atoms with E-state index >= 15 is 0 Å². The molecule has 0 aliphatic carbocycles. The van der Waals surface area contributed by atoms with E-state index in [2.05, 4.69) is 20.2 Å². The van der Waals surface area contributed by atoms with Crippen molar-refractivity contribution in [2.75, 3.05) is 39.1 Å². The number of nitrogens with one attached hydrogen (secondary N) is 1. The molecule has 2 aromatic heterocycles. The van der Waals surface area contributed by atoms with Crippen LogP contribution in [0.15, 0.2) is 24.5 Å². The molecule has 1 aliphatic rings. The summed E-state index contributed by atoms with van der Waals surface area (Å²) < 4.78 is 5.24. The first-order valence-corrected chi connectivity index (χ1v) is 10.0. The summed E-state index contributed by atoms with van der Waals surface area (Å²) in [7, 11) is 3.51. The summed E-state index contributed by atoms with van der Waals surface area (Å²) >= 11 is 1.68. The molecule has 1 saturated heterocycles. The van der Waals surface area contributed by atoms with Gasteiger partial charge in [-0.3, -0.25) is 9.69 Å². The Morgan fingerprint density at radius 1 is 1.41 bits per heavy atom. The molecule has 2 aromatic rings. The zero-order valence-corrected chi connectivity index (χ0v) is 17.0. The summed E-state index contributed by atoms with van der Waals surface area (Å²) in [4.78, 5) is 26.5. The second kappa shape index (κ2) is 9.14. The quantitative estimate of drug-likeness (QED) is 0.817. The Morgan fingerprint density at radius 3 is 2.96 bits per heavy atom. The number of anilines is 1. The molecule has 1 aliphatic heterocycles. The van der Waals surface area contributed by atoms with Gasteiger partial charge in [0.1, 0.15) is 0 Å². The Kier molecular flexibility index (Phi) is 6.63. The Balaban J connectivity index is 1.74. The topological polar surface area (TPSA) is 70.6 Å². The third-order valence-electron chi connectivity index (χ3n) is 4.81. The first-order chi connectivity index (χ1) is 13.1. The number of amides is 1. The second-order valence-corrected chi connectivity index (χ2v) is 7.86. The molecule has 1 atom stereocenters. The van der Waals surface area contributed by atoms with Gasteiger partial charge in [0.05, 0.1) is 7.11 Å². The lowest BCUT2D eigenvalue weighted by molar-refractivity contribution is -0.131. The average molecular weight is 390 g/mol. The van der Waals surface area contributed by atoms with E-state index in [0.717, 1.165) is 49.7 Å². The molecular weight excluding hydrogens is 362 g/mol. The molecule has 8 heteroatoms. The number of nitrogens with zero attached hydrogens (tertiary/aromatic N) is 4. The summed E-state index contributed by atoms with van der Waals surface area (Å²) in [5.74, 6) is 0.745. The Bertz CT molecular complexity index is 766. The monoisotopic (exact) mass is 389 g/mol. The molecule has 27 heavy (non-hydrogen) atoms. The lowest BCUT2D eigenvalue weighted by Gasteiger charge is -2.31. The molecule has 0 aromatic carbocycles. The van der Waals surface area contributed by atoms with Crippen LogP contribution >= 0.6 is 11.3 Å². The van der Waals surface area contributed by atoms with Crippen molar-refractivity contribution in [3.63, 3.8) is 0 Å². The van der Waals surface area contributed by atoms with Gasteiger partial charge in [0.25, 0.3) is 0 Å². The Morgan fingerprint density at radius 2 is 2.26 bits per heavy atom. The van der Waals surface area contributed by atoms with E-state index in [1.807, 2.05) is 30.3 Å². The number of carbonyl (C=O) groups is 1. The molecule has 0 saturated carbocycles. The smallest absolute Gasteiger partial charge is 0.219 e. The van der Waals surface area contributed by atoms with Crippen LogP contribution in [0, 0.1) is 0 Å². The minimum absolute atomic E-state index is 0.133. The van der Waals surface area contributed by atoms with Gasteiger partial charge in [0.2, 0.25) is 11.8 Å². The predicted molar refractivity (Wildman–Crippen MR) is 107 cm³/mol. The molecule has 1 fully saturated rings. The third-order valence-corrected chi connectivity index (χ3v) is 5.81. The standard InChI is InChI=1S/C19H27N5O2S/c1-14(25)24-8-4-7-23(13-17-11-22-19(20-2)27-17)12-16(24)9-15-5-6-21-18(10-15)26-3/h5-6,10-11,16H,4,7-9,12-13H2,1-3H3,(H,20,22). The SMILES string of the molecule is CNc1ncc(CN2CCCN(C(C)=O)C(Cc3ccnc(OC)c3)C2)s1. The summed E-state index contributed by atoms with van der Waals surface area (Å²) in [5.41, 5.74) is 1.13. The fraction of sp³-hybridized carbons (Fsp3) is 0.526. The Hall–Kier alpha value is -2.19. The molecular formula is C19H27N5O2S. The maximum atomic E-state index is 12.2. The number of ether oxygens (including phenoxy) is 1. The normalized spacial score (nSPS) is 18.2. The largest absolute Gasteiger partial charge is 0.481 e. The number of methoxy groups -OCH3 is 1. The first kappa shape index (κ1) is 19.6. The van der Waals surface area contributed by atoms with Gasteiger partial charge in [0.15, 0.2) is 5.13 Å². The van der Waals surface area contributed by atoms with Crippen molar-refractivity contribution in [3.8, 4) is 5.88 Å². The number of pyridine rings is 1. The lowest BCUT2D eigenvalue weighted by Crippen LogP contribution is -2.44. The van der Waals surface area contributed by atoms with Crippen molar-refractivity contribution < 1.29 is 9.53 Å². The van der Waals surface area contributed by atoms with Crippen LogP contribution in [0.1, 0.15) is 23.8 Å². The molecule has 3 heterocycles. The minimum Gasteiger partial charge on any atom is -0.481 e. The molecule has 1 amide bonds. The molecule has 7 nitrogen and oxygen atoms in total. The van der Waals surface area contributed by atoms with E-state index in [1.165, 1.54) is 4.88 Å².